The van der Waals surface area contributed by atoms with Crippen molar-refractivity contribution in [2.24, 2.45) is 0 Å². The molecule has 0 saturated carbocycles. The van der Waals surface area contributed by atoms with Crippen LogP contribution in [0.25, 0.3) is 0 Å². The van der Waals surface area contributed by atoms with E-state index in [0.29, 0.717) is 6.54 Å². The summed E-state index contributed by atoms with van der Waals surface area (Å²) in [7, 11) is -2.91. The summed E-state index contributed by atoms with van der Waals surface area (Å²) >= 11 is 0. The fourth-order valence-electron chi connectivity index (χ4n) is 0.977. The van der Waals surface area contributed by atoms with E-state index in [1.807, 2.05) is 30.3 Å². The van der Waals surface area contributed by atoms with Crippen LogP contribution in [-0.4, -0.2) is 20.6 Å². The lowest BCUT2D eigenvalue weighted by Crippen LogP contribution is -2.21. The Morgan fingerprint density at radius 2 is 1.85 bits per heavy atom. The maximum Gasteiger partial charge on any atom is 0.160 e. The Labute approximate surface area is 78.7 Å². The molecule has 0 spiro atoms. The van der Waals surface area contributed by atoms with Crippen LogP contribution >= 0.6 is 0 Å². The van der Waals surface area contributed by atoms with Crippen molar-refractivity contribution in [2.75, 3.05) is 12.1 Å². The molecular weight excluding hydrogens is 186 g/mol. The Kier molecular flexibility index (Phi) is 3.45. The van der Waals surface area contributed by atoms with Gasteiger partial charge in [-0.1, -0.05) is 30.3 Å². The molecule has 0 amide bonds. The Hall–Kier alpha value is -0.870. The van der Waals surface area contributed by atoms with Crippen molar-refractivity contribution in [2.45, 2.75) is 6.54 Å². The Morgan fingerprint density at radius 3 is 2.38 bits per heavy atom. The molecule has 1 aromatic rings. The highest BCUT2D eigenvalue weighted by Crippen LogP contribution is 1.96. The minimum Gasteiger partial charge on any atom is -0.300 e. The van der Waals surface area contributed by atoms with Crippen molar-refractivity contribution in [1.29, 1.82) is 0 Å². The molecule has 0 aromatic heterocycles. The van der Waals surface area contributed by atoms with Crippen LogP contribution in [0.3, 0.4) is 0 Å². The maximum absolute atomic E-state index is 10.8. The number of rotatable bonds is 4. The second-order valence-electron chi connectivity index (χ2n) is 2.98. The normalized spacial score (nSPS) is 11.5. The number of sulfone groups is 1. The molecule has 0 atom stereocenters. The van der Waals surface area contributed by atoms with Crippen LogP contribution in [0.2, 0.25) is 0 Å². The largest absolute Gasteiger partial charge is 0.300 e. The van der Waals surface area contributed by atoms with Crippen LogP contribution in [0.4, 0.5) is 0 Å². The summed E-state index contributed by atoms with van der Waals surface area (Å²) in [5.41, 5.74) is 1.09. The average molecular weight is 199 g/mol. The van der Waals surface area contributed by atoms with Crippen LogP contribution in [0, 0.1) is 0 Å². The lowest BCUT2D eigenvalue weighted by atomic mass is 10.2. The maximum atomic E-state index is 10.8. The van der Waals surface area contributed by atoms with E-state index in [9.17, 15) is 8.42 Å². The molecule has 0 fully saturated rings. The van der Waals surface area contributed by atoms with E-state index in [1.165, 1.54) is 6.26 Å². The monoisotopic (exact) mass is 199 g/mol. The van der Waals surface area contributed by atoms with Gasteiger partial charge in [0.15, 0.2) is 9.84 Å². The minimum absolute atomic E-state index is 0.0297. The predicted molar refractivity (Wildman–Crippen MR) is 53.0 cm³/mol. The van der Waals surface area contributed by atoms with E-state index >= 15 is 0 Å². The smallest absolute Gasteiger partial charge is 0.160 e. The van der Waals surface area contributed by atoms with Crippen molar-refractivity contribution in [3.8, 4) is 0 Å². The van der Waals surface area contributed by atoms with Crippen LogP contribution in [-0.2, 0) is 16.4 Å². The van der Waals surface area contributed by atoms with E-state index in [2.05, 4.69) is 5.32 Å². The van der Waals surface area contributed by atoms with Gasteiger partial charge in [0.2, 0.25) is 0 Å². The summed E-state index contributed by atoms with van der Waals surface area (Å²) in [6.45, 7) is 0.591. The summed E-state index contributed by atoms with van der Waals surface area (Å²) < 4.78 is 21.5. The van der Waals surface area contributed by atoms with Gasteiger partial charge in [-0.3, -0.25) is 5.32 Å². The van der Waals surface area contributed by atoms with Gasteiger partial charge < -0.3 is 0 Å². The topological polar surface area (TPSA) is 46.2 Å². The zero-order valence-corrected chi connectivity index (χ0v) is 8.34. The van der Waals surface area contributed by atoms with Gasteiger partial charge in [0.05, 0.1) is 5.88 Å². The van der Waals surface area contributed by atoms with Gasteiger partial charge in [0.25, 0.3) is 0 Å². The number of hydrogen-bond acceptors (Lipinski definition) is 3. The van der Waals surface area contributed by atoms with Crippen molar-refractivity contribution in [3.63, 3.8) is 0 Å². The third-order valence-electron chi connectivity index (χ3n) is 1.54. The first-order valence-corrected chi connectivity index (χ1v) is 6.06. The lowest BCUT2D eigenvalue weighted by molar-refractivity contribution is 0.592. The Morgan fingerprint density at radius 1 is 1.23 bits per heavy atom. The molecule has 4 heteroatoms. The van der Waals surface area contributed by atoms with Gasteiger partial charge in [-0.05, 0) is 5.56 Å². The van der Waals surface area contributed by atoms with Crippen molar-refractivity contribution in [3.05, 3.63) is 35.9 Å². The Bertz CT molecular complexity index is 345. The summed E-state index contributed by atoms with van der Waals surface area (Å²) in [6.07, 6.45) is 1.21. The molecule has 72 valence electrons. The van der Waals surface area contributed by atoms with Gasteiger partial charge in [0, 0.05) is 12.8 Å². The number of benzene rings is 1. The molecule has 1 rings (SSSR count). The molecule has 0 aliphatic heterocycles. The quantitative estimate of drug-likeness (QED) is 0.779. The van der Waals surface area contributed by atoms with E-state index in [1.54, 1.807) is 0 Å². The first-order chi connectivity index (χ1) is 6.08. The molecule has 0 unspecified atom stereocenters. The van der Waals surface area contributed by atoms with E-state index in [4.69, 9.17) is 0 Å². The molecule has 0 aliphatic rings. The van der Waals surface area contributed by atoms with Gasteiger partial charge in [-0.15, -0.1) is 0 Å². The van der Waals surface area contributed by atoms with E-state index in [-0.39, 0.29) is 5.88 Å². The fraction of sp³-hybridized carbons (Fsp3) is 0.333. The average Bonchev–Trinajstić information content (AvgIpc) is 2.04. The molecule has 0 aliphatic carbocycles. The molecule has 0 bridgehead atoms. The van der Waals surface area contributed by atoms with Gasteiger partial charge in [0.1, 0.15) is 0 Å². The molecule has 0 heterocycles. The predicted octanol–water partition coefficient (Wildman–Crippen LogP) is 0.778. The Balaban J connectivity index is 2.37. The van der Waals surface area contributed by atoms with Crippen LogP contribution in [0.15, 0.2) is 30.3 Å². The van der Waals surface area contributed by atoms with Crippen LogP contribution in [0.5, 0.6) is 0 Å². The second-order valence-corrected chi connectivity index (χ2v) is 5.12. The van der Waals surface area contributed by atoms with Crippen molar-refractivity contribution in [1.82, 2.24) is 5.32 Å². The zero-order valence-electron chi connectivity index (χ0n) is 7.53. The lowest BCUT2D eigenvalue weighted by Gasteiger charge is -2.02. The minimum atomic E-state index is -2.91. The number of nitrogens with one attached hydrogen (secondary N) is 1. The molecule has 3 nitrogen and oxygen atoms in total. The highest BCUT2D eigenvalue weighted by atomic mass is 32.2. The fourth-order valence-corrected chi connectivity index (χ4v) is 1.45. The zero-order chi connectivity index (χ0) is 9.73. The molecule has 0 radical (unpaired) electrons. The third-order valence-corrected chi connectivity index (χ3v) is 2.26. The summed E-state index contributed by atoms with van der Waals surface area (Å²) in [6, 6.07) is 9.69. The van der Waals surface area contributed by atoms with Crippen LogP contribution < -0.4 is 5.32 Å². The third kappa shape index (κ3) is 4.65. The first kappa shape index (κ1) is 10.2. The first-order valence-electron chi connectivity index (χ1n) is 4.00. The van der Waals surface area contributed by atoms with Crippen molar-refractivity contribution < 1.29 is 8.42 Å². The second kappa shape index (κ2) is 4.39. The van der Waals surface area contributed by atoms with E-state index < -0.39 is 9.84 Å². The van der Waals surface area contributed by atoms with Crippen molar-refractivity contribution >= 4 is 9.84 Å². The van der Waals surface area contributed by atoms with Gasteiger partial charge in [-0.2, -0.15) is 0 Å². The van der Waals surface area contributed by atoms with E-state index in [0.717, 1.165) is 5.56 Å². The molecular formula is C9H13NO2S. The standard InChI is InChI=1S/C9H13NO2S/c1-13(11,12)8-10-7-9-5-3-2-4-6-9/h2-6,10H,7-8H2,1H3. The molecule has 13 heavy (non-hydrogen) atoms. The molecule has 1 aromatic carbocycles. The molecule has 0 saturated heterocycles. The summed E-state index contributed by atoms with van der Waals surface area (Å²) in [4.78, 5) is 0. The molecule has 1 N–H and O–H groups in total. The van der Waals surface area contributed by atoms with Gasteiger partial charge >= 0.3 is 0 Å². The highest BCUT2D eigenvalue weighted by molar-refractivity contribution is 7.90. The number of hydrogen-bond donors (Lipinski definition) is 1. The van der Waals surface area contributed by atoms with Gasteiger partial charge in [-0.25, -0.2) is 8.42 Å². The summed E-state index contributed by atoms with van der Waals surface area (Å²) in [5, 5.41) is 2.85. The van der Waals surface area contributed by atoms with Crippen LogP contribution in [0.1, 0.15) is 5.56 Å². The summed E-state index contributed by atoms with van der Waals surface area (Å²) in [5.74, 6) is 0.0297. The highest BCUT2D eigenvalue weighted by Gasteiger charge is 1.99. The SMILES string of the molecule is CS(=O)(=O)CNCc1ccccc1.